The topological polar surface area (TPSA) is 29.3 Å². The van der Waals surface area contributed by atoms with Gasteiger partial charge in [0.2, 0.25) is 0 Å². The molecule has 2 saturated carbocycles. The predicted molar refractivity (Wildman–Crippen MR) is 64.8 cm³/mol. The molecule has 0 aliphatic heterocycles. The average molecular weight is 210 g/mol. The second-order valence-electron chi connectivity index (χ2n) is 5.76. The van der Waals surface area contributed by atoms with E-state index in [0.717, 1.165) is 12.6 Å². The summed E-state index contributed by atoms with van der Waals surface area (Å²) in [5.74, 6) is 0. The normalized spacial score (nSPS) is 26.6. The highest BCUT2D eigenvalue weighted by molar-refractivity contribution is 4.89. The molecule has 0 atom stereocenters. The summed E-state index contributed by atoms with van der Waals surface area (Å²) in [6.07, 6.45) is 11.2. The van der Waals surface area contributed by atoms with Gasteiger partial charge in [-0.25, -0.2) is 0 Å². The standard InChI is InChI=1S/C13H26N2/c1-15(12-6-2-3-7-12)11-13(10-14)8-4-5-9-13/h12H,2-11,14H2,1H3. The van der Waals surface area contributed by atoms with Gasteiger partial charge < -0.3 is 10.6 Å². The summed E-state index contributed by atoms with van der Waals surface area (Å²) >= 11 is 0. The third-order valence-corrected chi connectivity index (χ3v) is 4.63. The van der Waals surface area contributed by atoms with Crippen molar-refractivity contribution in [3.05, 3.63) is 0 Å². The molecule has 2 fully saturated rings. The molecule has 15 heavy (non-hydrogen) atoms. The van der Waals surface area contributed by atoms with Gasteiger partial charge in [-0.3, -0.25) is 0 Å². The highest BCUT2D eigenvalue weighted by atomic mass is 15.1. The van der Waals surface area contributed by atoms with E-state index in [2.05, 4.69) is 11.9 Å². The van der Waals surface area contributed by atoms with Crippen molar-refractivity contribution < 1.29 is 0 Å². The fourth-order valence-corrected chi connectivity index (χ4v) is 3.55. The Morgan fingerprint density at radius 3 is 2.27 bits per heavy atom. The fraction of sp³-hybridized carbons (Fsp3) is 1.00. The van der Waals surface area contributed by atoms with Gasteiger partial charge in [-0.15, -0.1) is 0 Å². The monoisotopic (exact) mass is 210 g/mol. The van der Waals surface area contributed by atoms with Crippen LogP contribution >= 0.6 is 0 Å². The van der Waals surface area contributed by atoms with Gasteiger partial charge in [-0.05, 0) is 44.7 Å². The van der Waals surface area contributed by atoms with Crippen LogP contribution in [0.3, 0.4) is 0 Å². The first-order chi connectivity index (χ1) is 7.26. The molecule has 0 aromatic rings. The van der Waals surface area contributed by atoms with Crippen LogP contribution in [0.15, 0.2) is 0 Å². The molecule has 2 N–H and O–H groups in total. The summed E-state index contributed by atoms with van der Waals surface area (Å²) in [6, 6.07) is 0.856. The number of nitrogens with two attached hydrogens (primary N) is 1. The number of hydrogen-bond donors (Lipinski definition) is 1. The third kappa shape index (κ3) is 2.54. The number of hydrogen-bond acceptors (Lipinski definition) is 2. The first-order valence-corrected chi connectivity index (χ1v) is 6.66. The maximum absolute atomic E-state index is 5.99. The second kappa shape index (κ2) is 4.84. The van der Waals surface area contributed by atoms with Crippen LogP contribution in [0.1, 0.15) is 51.4 Å². The molecule has 2 rings (SSSR count). The first kappa shape index (κ1) is 11.4. The van der Waals surface area contributed by atoms with E-state index in [9.17, 15) is 0 Å². The van der Waals surface area contributed by atoms with Gasteiger partial charge in [0, 0.05) is 12.6 Å². The molecule has 0 heterocycles. The van der Waals surface area contributed by atoms with Gasteiger partial charge in [-0.2, -0.15) is 0 Å². The van der Waals surface area contributed by atoms with Gasteiger partial charge in [0.25, 0.3) is 0 Å². The molecule has 0 spiro atoms. The summed E-state index contributed by atoms with van der Waals surface area (Å²) in [4.78, 5) is 2.60. The van der Waals surface area contributed by atoms with Crippen LogP contribution in [0.5, 0.6) is 0 Å². The summed E-state index contributed by atoms with van der Waals surface area (Å²) < 4.78 is 0. The zero-order chi connectivity index (χ0) is 10.7. The van der Waals surface area contributed by atoms with Gasteiger partial charge in [-0.1, -0.05) is 25.7 Å². The van der Waals surface area contributed by atoms with E-state index in [-0.39, 0.29) is 0 Å². The lowest BCUT2D eigenvalue weighted by atomic mass is 9.85. The smallest absolute Gasteiger partial charge is 0.00924 e. The van der Waals surface area contributed by atoms with Crippen molar-refractivity contribution in [2.75, 3.05) is 20.1 Å². The maximum atomic E-state index is 5.99. The summed E-state index contributed by atoms with van der Waals surface area (Å²) in [5, 5.41) is 0. The van der Waals surface area contributed by atoms with Crippen molar-refractivity contribution in [3.8, 4) is 0 Å². The zero-order valence-electron chi connectivity index (χ0n) is 10.2. The summed E-state index contributed by atoms with van der Waals surface area (Å²) in [7, 11) is 2.31. The molecule has 2 aliphatic carbocycles. The maximum Gasteiger partial charge on any atom is 0.00924 e. The lowest BCUT2D eigenvalue weighted by Crippen LogP contribution is -2.42. The van der Waals surface area contributed by atoms with Crippen molar-refractivity contribution in [2.45, 2.75) is 57.4 Å². The molecule has 0 saturated heterocycles. The van der Waals surface area contributed by atoms with Crippen molar-refractivity contribution >= 4 is 0 Å². The Hall–Kier alpha value is -0.0800. The molecule has 0 amide bonds. The van der Waals surface area contributed by atoms with Crippen molar-refractivity contribution in [2.24, 2.45) is 11.1 Å². The molecular formula is C13H26N2. The Morgan fingerprint density at radius 2 is 1.73 bits per heavy atom. The van der Waals surface area contributed by atoms with E-state index < -0.39 is 0 Å². The summed E-state index contributed by atoms with van der Waals surface area (Å²) in [6.45, 7) is 2.14. The molecule has 0 bridgehead atoms. The predicted octanol–water partition coefficient (Wildman–Crippen LogP) is 2.38. The van der Waals surface area contributed by atoms with E-state index in [1.165, 1.54) is 57.9 Å². The molecule has 0 aromatic carbocycles. The quantitative estimate of drug-likeness (QED) is 0.772. The Morgan fingerprint density at radius 1 is 1.13 bits per heavy atom. The van der Waals surface area contributed by atoms with E-state index >= 15 is 0 Å². The van der Waals surface area contributed by atoms with E-state index in [0.29, 0.717) is 5.41 Å². The molecule has 0 unspecified atom stereocenters. The lowest BCUT2D eigenvalue weighted by Gasteiger charge is -2.35. The Bertz CT molecular complexity index is 191. The SMILES string of the molecule is CN(CC1(CN)CCCC1)C1CCCC1. The zero-order valence-corrected chi connectivity index (χ0v) is 10.2. The Balaban J connectivity index is 1.88. The van der Waals surface area contributed by atoms with E-state index in [1.54, 1.807) is 0 Å². The minimum absolute atomic E-state index is 0.470. The van der Waals surface area contributed by atoms with Gasteiger partial charge >= 0.3 is 0 Å². The lowest BCUT2D eigenvalue weighted by molar-refractivity contribution is 0.144. The molecule has 2 aliphatic rings. The van der Waals surface area contributed by atoms with Crippen LogP contribution in [0.2, 0.25) is 0 Å². The Labute approximate surface area is 94.2 Å². The third-order valence-electron chi connectivity index (χ3n) is 4.63. The first-order valence-electron chi connectivity index (χ1n) is 6.66. The fourth-order valence-electron chi connectivity index (χ4n) is 3.55. The molecule has 0 aromatic heterocycles. The summed E-state index contributed by atoms with van der Waals surface area (Å²) in [5.41, 5.74) is 6.46. The van der Waals surface area contributed by atoms with Gasteiger partial charge in [0.05, 0.1) is 0 Å². The van der Waals surface area contributed by atoms with E-state index in [4.69, 9.17) is 5.73 Å². The molecule has 2 heteroatoms. The van der Waals surface area contributed by atoms with Crippen molar-refractivity contribution in [1.29, 1.82) is 0 Å². The van der Waals surface area contributed by atoms with Crippen LogP contribution in [0.25, 0.3) is 0 Å². The largest absolute Gasteiger partial charge is 0.330 e. The second-order valence-corrected chi connectivity index (χ2v) is 5.76. The molecule has 2 nitrogen and oxygen atoms in total. The van der Waals surface area contributed by atoms with Crippen molar-refractivity contribution in [3.63, 3.8) is 0 Å². The van der Waals surface area contributed by atoms with Crippen LogP contribution in [-0.4, -0.2) is 31.1 Å². The number of rotatable bonds is 4. The minimum atomic E-state index is 0.470. The van der Waals surface area contributed by atoms with Crippen LogP contribution in [0.4, 0.5) is 0 Å². The molecule has 88 valence electrons. The molecule has 0 radical (unpaired) electrons. The van der Waals surface area contributed by atoms with Gasteiger partial charge in [0.1, 0.15) is 0 Å². The van der Waals surface area contributed by atoms with E-state index in [1.807, 2.05) is 0 Å². The minimum Gasteiger partial charge on any atom is -0.330 e. The van der Waals surface area contributed by atoms with Crippen molar-refractivity contribution in [1.82, 2.24) is 4.90 Å². The highest BCUT2D eigenvalue weighted by Gasteiger charge is 2.35. The number of nitrogens with zero attached hydrogens (tertiary/aromatic N) is 1. The van der Waals surface area contributed by atoms with Crippen LogP contribution in [-0.2, 0) is 0 Å². The Kier molecular flexibility index (Phi) is 3.68. The van der Waals surface area contributed by atoms with Crippen LogP contribution < -0.4 is 5.73 Å². The van der Waals surface area contributed by atoms with Gasteiger partial charge in [0.15, 0.2) is 0 Å². The average Bonchev–Trinajstić information content (AvgIpc) is 2.88. The molecular weight excluding hydrogens is 184 g/mol. The van der Waals surface area contributed by atoms with Crippen LogP contribution in [0, 0.1) is 5.41 Å². The highest BCUT2D eigenvalue weighted by Crippen LogP contribution is 2.38.